The minimum atomic E-state index is -0.502. The normalized spacial score (nSPS) is 10.0. The third-order valence-electron chi connectivity index (χ3n) is 2.10. The molecule has 0 N–H and O–H groups in total. The Bertz CT molecular complexity index is 553. The predicted octanol–water partition coefficient (Wildman–Crippen LogP) is 4.21. The van der Waals surface area contributed by atoms with Crippen molar-refractivity contribution in [3.8, 4) is 5.75 Å². The third-order valence-corrected chi connectivity index (χ3v) is 2.67. The van der Waals surface area contributed by atoms with E-state index in [2.05, 4.69) is 0 Å². The van der Waals surface area contributed by atoms with Crippen LogP contribution in [0.25, 0.3) is 0 Å². The number of hydrogen-bond acceptors (Lipinski definition) is 2. The number of carbonyl (C=O) groups is 1. The van der Waals surface area contributed by atoms with Gasteiger partial charge in [0, 0.05) is 5.02 Å². The van der Waals surface area contributed by atoms with Crippen LogP contribution in [0, 0.1) is 0 Å². The van der Waals surface area contributed by atoms with Crippen LogP contribution in [0.1, 0.15) is 10.4 Å². The van der Waals surface area contributed by atoms with Crippen molar-refractivity contribution >= 4 is 29.2 Å². The van der Waals surface area contributed by atoms with Gasteiger partial charge in [-0.3, -0.25) is 0 Å². The second kappa shape index (κ2) is 5.21. The van der Waals surface area contributed by atoms with Gasteiger partial charge in [0.25, 0.3) is 0 Å². The molecule has 0 radical (unpaired) electrons. The van der Waals surface area contributed by atoms with Gasteiger partial charge >= 0.3 is 5.97 Å². The van der Waals surface area contributed by atoms with Crippen molar-refractivity contribution in [2.24, 2.45) is 0 Å². The van der Waals surface area contributed by atoms with Gasteiger partial charge in [-0.15, -0.1) is 0 Å². The first-order valence-corrected chi connectivity index (χ1v) is 5.64. The van der Waals surface area contributed by atoms with E-state index in [-0.39, 0.29) is 0 Å². The molecule has 0 bridgehead atoms. The molecule has 17 heavy (non-hydrogen) atoms. The molecule has 0 amide bonds. The lowest BCUT2D eigenvalue weighted by molar-refractivity contribution is 0.0735. The molecular weight excluding hydrogens is 259 g/mol. The number of benzene rings is 2. The van der Waals surface area contributed by atoms with E-state index in [1.54, 1.807) is 48.5 Å². The molecule has 4 heteroatoms. The van der Waals surface area contributed by atoms with Crippen LogP contribution in [0.3, 0.4) is 0 Å². The average Bonchev–Trinajstić information content (AvgIpc) is 2.29. The Morgan fingerprint density at radius 1 is 1.00 bits per heavy atom. The van der Waals surface area contributed by atoms with Gasteiger partial charge in [-0.1, -0.05) is 41.4 Å². The number of carbonyl (C=O) groups excluding carboxylic acids is 1. The van der Waals surface area contributed by atoms with Crippen molar-refractivity contribution in [2.75, 3.05) is 0 Å². The molecule has 0 fully saturated rings. The maximum atomic E-state index is 11.8. The van der Waals surface area contributed by atoms with Crippen LogP contribution in [0.4, 0.5) is 0 Å². The van der Waals surface area contributed by atoms with Gasteiger partial charge in [-0.25, -0.2) is 4.79 Å². The largest absolute Gasteiger partial charge is 0.423 e. The topological polar surface area (TPSA) is 26.3 Å². The molecule has 2 aromatic rings. The molecule has 2 nitrogen and oxygen atoms in total. The molecule has 0 aromatic heterocycles. The highest BCUT2D eigenvalue weighted by Crippen LogP contribution is 2.21. The van der Waals surface area contributed by atoms with E-state index < -0.39 is 5.97 Å². The molecule has 0 saturated heterocycles. The molecule has 0 spiro atoms. The standard InChI is InChI=1S/C13H8Cl2O2/c14-9-4-3-5-10(8-9)17-13(16)11-6-1-2-7-12(11)15/h1-8H. The molecule has 0 aliphatic carbocycles. The number of halogens is 2. The number of ether oxygens (including phenoxy) is 1. The van der Waals surface area contributed by atoms with E-state index in [1.807, 2.05) is 0 Å². The Labute approximate surface area is 109 Å². The van der Waals surface area contributed by atoms with Crippen LogP contribution in [-0.4, -0.2) is 5.97 Å². The van der Waals surface area contributed by atoms with Gasteiger partial charge in [0.15, 0.2) is 0 Å². The van der Waals surface area contributed by atoms with Gasteiger partial charge in [0.1, 0.15) is 5.75 Å². The van der Waals surface area contributed by atoms with Crippen LogP contribution in [-0.2, 0) is 0 Å². The SMILES string of the molecule is O=C(Oc1cccc(Cl)c1)c1ccccc1Cl. The monoisotopic (exact) mass is 266 g/mol. The van der Waals surface area contributed by atoms with E-state index >= 15 is 0 Å². The fourth-order valence-corrected chi connectivity index (χ4v) is 1.71. The van der Waals surface area contributed by atoms with Crippen molar-refractivity contribution in [3.05, 3.63) is 64.1 Å². The molecule has 0 saturated carbocycles. The molecule has 0 heterocycles. The maximum absolute atomic E-state index is 11.8. The summed E-state index contributed by atoms with van der Waals surface area (Å²) < 4.78 is 5.15. The average molecular weight is 267 g/mol. The highest BCUT2D eigenvalue weighted by Gasteiger charge is 2.11. The summed E-state index contributed by atoms with van der Waals surface area (Å²) in [6, 6.07) is 13.3. The van der Waals surface area contributed by atoms with E-state index in [9.17, 15) is 4.79 Å². The second-order valence-electron chi connectivity index (χ2n) is 3.33. The molecule has 0 aliphatic heterocycles. The van der Waals surface area contributed by atoms with Crippen LogP contribution in [0.2, 0.25) is 10.0 Å². The molecule has 0 aliphatic rings. The summed E-state index contributed by atoms with van der Waals surface area (Å²) in [7, 11) is 0. The van der Waals surface area contributed by atoms with Crippen molar-refractivity contribution in [1.82, 2.24) is 0 Å². The number of hydrogen-bond donors (Lipinski definition) is 0. The smallest absolute Gasteiger partial charge is 0.345 e. The van der Waals surface area contributed by atoms with Crippen LogP contribution < -0.4 is 4.74 Å². The fraction of sp³-hybridized carbons (Fsp3) is 0. The summed E-state index contributed by atoms with van der Waals surface area (Å²) in [6.07, 6.45) is 0. The van der Waals surface area contributed by atoms with Crippen LogP contribution in [0.5, 0.6) is 5.75 Å². The fourth-order valence-electron chi connectivity index (χ4n) is 1.32. The molecule has 2 rings (SSSR count). The van der Waals surface area contributed by atoms with Gasteiger partial charge in [-0.05, 0) is 30.3 Å². The Balaban J connectivity index is 2.20. The van der Waals surface area contributed by atoms with E-state index in [0.717, 1.165) is 0 Å². The zero-order valence-corrected chi connectivity index (χ0v) is 10.2. The van der Waals surface area contributed by atoms with E-state index in [4.69, 9.17) is 27.9 Å². The highest BCUT2D eigenvalue weighted by molar-refractivity contribution is 6.33. The third kappa shape index (κ3) is 2.99. The summed E-state index contributed by atoms with van der Waals surface area (Å²) in [5.74, 6) is -0.111. The van der Waals surface area contributed by atoms with Gasteiger partial charge in [0.05, 0.1) is 10.6 Å². The summed E-state index contributed by atoms with van der Waals surface area (Å²) in [5.41, 5.74) is 0.328. The molecule has 86 valence electrons. The summed E-state index contributed by atoms with van der Waals surface area (Å²) >= 11 is 11.7. The van der Waals surface area contributed by atoms with Gasteiger partial charge in [0.2, 0.25) is 0 Å². The van der Waals surface area contributed by atoms with Crippen molar-refractivity contribution in [1.29, 1.82) is 0 Å². The zero-order chi connectivity index (χ0) is 12.3. The number of esters is 1. The lowest BCUT2D eigenvalue weighted by atomic mass is 10.2. The highest BCUT2D eigenvalue weighted by atomic mass is 35.5. The van der Waals surface area contributed by atoms with Crippen molar-refractivity contribution in [2.45, 2.75) is 0 Å². The Morgan fingerprint density at radius 3 is 2.47 bits per heavy atom. The van der Waals surface area contributed by atoms with Crippen molar-refractivity contribution < 1.29 is 9.53 Å². The second-order valence-corrected chi connectivity index (χ2v) is 4.17. The minimum Gasteiger partial charge on any atom is -0.423 e. The number of rotatable bonds is 2. The lowest BCUT2D eigenvalue weighted by Gasteiger charge is -2.05. The van der Waals surface area contributed by atoms with Crippen molar-refractivity contribution in [3.63, 3.8) is 0 Å². The molecule has 2 aromatic carbocycles. The van der Waals surface area contributed by atoms with Gasteiger partial charge in [-0.2, -0.15) is 0 Å². The van der Waals surface area contributed by atoms with E-state index in [1.165, 1.54) is 0 Å². The Morgan fingerprint density at radius 2 is 1.76 bits per heavy atom. The predicted molar refractivity (Wildman–Crippen MR) is 67.9 cm³/mol. The van der Waals surface area contributed by atoms with Gasteiger partial charge < -0.3 is 4.74 Å². The zero-order valence-electron chi connectivity index (χ0n) is 8.69. The lowest BCUT2D eigenvalue weighted by Crippen LogP contribution is -2.08. The Hall–Kier alpha value is -1.51. The quantitative estimate of drug-likeness (QED) is 0.601. The Kier molecular flexibility index (Phi) is 3.67. The van der Waals surface area contributed by atoms with Crippen LogP contribution >= 0.6 is 23.2 Å². The van der Waals surface area contributed by atoms with Crippen LogP contribution in [0.15, 0.2) is 48.5 Å². The first kappa shape index (κ1) is 12.0. The molecule has 0 atom stereocenters. The molecular formula is C13H8Cl2O2. The first-order valence-electron chi connectivity index (χ1n) is 4.89. The summed E-state index contributed by atoms with van der Waals surface area (Å²) in [6.45, 7) is 0. The minimum absolute atomic E-state index is 0.328. The maximum Gasteiger partial charge on any atom is 0.345 e. The summed E-state index contributed by atoms with van der Waals surface area (Å²) in [5, 5.41) is 0.869. The summed E-state index contributed by atoms with van der Waals surface area (Å²) in [4.78, 5) is 11.8. The molecule has 0 unspecified atom stereocenters. The first-order chi connectivity index (χ1) is 8.16. The van der Waals surface area contributed by atoms with E-state index in [0.29, 0.717) is 21.4 Å².